The van der Waals surface area contributed by atoms with Gasteiger partial charge >= 0.3 is 5.69 Å². The van der Waals surface area contributed by atoms with Gasteiger partial charge in [-0.3, -0.25) is 13.9 Å². The number of aromatic hydroxyl groups is 1. The SMILES string of the molecule is Cn1c(=O)n(CC2CCCNC2)c(=O)c2cccc(O)c21. The maximum Gasteiger partial charge on any atom is 0.331 e. The lowest BCUT2D eigenvalue weighted by Gasteiger charge is -2.23. The maximum absolute atomic E-state index is 12.5. The van der Waals surface area contributed by atoms with E-state index in [9.17, 15) is 14.7 Å². The van der Waals surface area contributed by atoms with Crippen LogP contribution in [0.5, 0.6) is 5.75 Å². The summed E-state index contributed by atoms with van der Waals surface area (Å²) in [7, 11) is 1.58. The third kappa shape index (κ3) is 2.35. The van der Waals surface area contributed by atoms with Crippen molar-refractivity contribution in [2.75, 3.05) is 13.1 Å². The number of para-hydroxylation sites is 1. The number of nitrogens with one attached hydrogen (secondary N) is 1. The third-order valence-corrected chi connectivity index (χ3v) is 4.18. The highest BCUT2D eigenvalue weighted by Crippen LogP contribution is 2.20. The van der Waals surface area contributed by atoms with Gasteiger partial charge in [0, 0.05) is 13.6 Å². The normalized spacial score (nSPS) is 19.0. The standard InChI is InChI=1S/C15H19N3O3/c1-17-13-11(5-2-6-12(13)19)14(20)18(15(17)21)9-10-4-3-7-16-8-10/h2,5-6,10,16,19H,3-4,7-9H2,1H3. The Kier molecular flexibility index (Phi) is 3.55. The molecule has 0 aliphatic carbocycles. The molecule has 1 saturated heterocycles. The molecule has 1 aliphatic rings. The van der Waals surface area contributed by atoms with E-state index in [0.717, 1.165) is 25.9 Å². The molecular formula is C15H19N3O3. The Balaban J connectivity index is 2.15. The number of phenols is 1. The van der Waals surface area contributed by atoms with Crippen LogP contribution in [-0.2, 0) is 13.6 Å². The lowest BCUT2D eigenvalue weighted by atomic mass is 9.99. The number of nitrogens with zero attached hydrogens (tertiary/aromatic N) is 2. The van der Waals surface area contributed by atoms with Crippen molar-refractivity contribution in [3.05, 3.63) is 39.0 Å². The first kappa shape index (κ1) is 13.9. The van der Waals surface area contributed by atoms with Crippen molar-refractivity contribution >= 4 is 10.9 Å². The predicted molar refractivity (Wildman–Crippen MR) is 80.7 cm³/mol. The molecule has 1 unspecified atom stereocenters. The zero-order chi connectivity index (χ0) is 15.0. The summed E-state index contributed by atoms with van der Waals surface area (Å²) >= 11 is 0. The van der Waals surface area contributed by atoms with Gasteiger partial charge in [0.1, 0.15) is 5.75 Å². The Bertz CT molecular complexity index is 785. The summed E-state index contributed by atoms with van der Waals surface area (Å²) in [6.45, 7) is 2.24. The number of aryl methyl sites for hydroxylation is 1. The van der Waals surface area contributed by atoms with E-state index in [1.807, 2.05) is 0 Å². The summed E-state index contributed by atoms with van der Waals surface area (Å²) in [6, 6.07) is 4.75. The molecule has 112 valence electrons. The molecule has 1 fully saturated rings. The van der Waals surface area contributed by atoms with Crippen LogP contribution in [-0.4, -0.2) is 27.3 Å². The second-order valence-electron chi connectivity index (χ2n) is 5.64. The summed E-state index contributed by atoms with van der Waals surface area (Å²) in [5.41, 5.74) is -0.403. The van der Waals surface area contributed by atoms with Gasteiger partial charge in [0.2, 0.25) is 0 Å². The first-order chi connectivity index (χ1) is 10.1. The van der Waals surface area contributed by atoms with Crippen molar-refractivity contribution in [2.24, 2.45) is 13.0 Å². The van der Waals surface area contributed by atoms with Gasteiger partial charge in [0.25, 0.3) is 5.56 Å². The number of rotatable bonds is 2. The van der Waals surface area contributed by atoms with E-state index in [-0.39, 0.29) is 17.0 Å². The van der Waals surface area contributed by atoms with Crippen molar-refractivity contribution < 1.29 is 5.11 Å². The van der Waals surface area contributed by atoms with Crippen LogP contribution >= 0.6 is 0 Å². The van der Waals surface area contributed by atoms with Crippen molar-refractivity contribution in [1.29, 1.82) is 0 Å². The molecule has 0 bridgehead atoms. The number of benzene rings is 1. The molecule has 3 rings (SSSR count). The highest BCUT2D eigenvalue weighted by atomic mass is 16.3. The van der Waals surface area contributed by atoms with Crippen LogP contribution in [0.1, 0.15) is 12.8 Å². The average molecular weight is 289 g/mol. The fourth-order valence-electron chi connectivity index (χ4n) is 3.06. The summed E-state index contributed by atoms with van der Waals surface area (Å²) in [5.74, 6) is 0.245. The van der Waals surface area contributed by atoms with Gasteiger partial charge in [-0.1, -0.05) is 6.07 Å². The van der Waals surface area contributed by atoms with Crippen LogP contribution in [0.4, 0.5) is 0 Å². The molecule has 6 nitrogen and oxygen atoms in total. The maximum atomic E-state index is 12.5. The molecule has 1 aromatic carbocycles. The Labute approximate surface area is 121 Å². The van der Waals surface area contributed by atoms with Gasteiger partial charge in [-0.05, 0) is 44.0 Å². The van der Waals surface area contributed by atoms with Gasteiger partial charge in [0.05, 0.1) is 10.9 Å². The van der Waals surface area contributed by atoms with E-state index in [0.29, 0.717) is 23.4 Å². The Morgan fingerprint density at radius 3 is 2.90 bits per heavy atom. The van der Waals surface area contributed by atoms with Crippen LogP contribution in [0.2, 0.25) is 0 Å². The molecule has 0 amide bonds. The largest absolute Gasteiger partial charge is 0.506 e. The van der Waals surface area contributed by atoms with Crippen LogP contribution in [0, 0.1) is 5.92 Å². The second kappa shape index (κ2) is 5.37. The first-order valence-electron chi connectivity index (χ1n) is 7.22. The van der Waals surface area contributed by atoms with Gasteiger partial charge in [-0.25, -0.2) is 4.79 Å². The van der Waals surface area contributed by atoms with Crippen molar-refractivity contribution in [1.82, 2.24) is 14.5 Å². The molecule has 6 heteroatoms. The quantitative estimate of drug-likeness (QED) is 0.839. The van der Waals surface area contributed by atoms with E-state index in [1.165, 1.54) is 15.2 Å². The monoisotopic (exact) mass is 289 g/mol. The number of fused-ring (bicyclic) bond motifs is 1. The van der Waals surface area contributed by atoms with Crippen LogP contribution in [0.25, 0.3) is 10.9 Å². The van der Waals surface area contributed by atoms with Crippen LogP contribution < -0.4 is 16.6 Å². The highest BCUT2D eigenvalue weighted by Gasteiger charge is 2.18. The molecule has 21 heavy (non-hydrogen) atoms. The molecule has 1 atom stereocenters. The van der Waals surface area contributed by atoms with Gasteiger partial charge in [0.15, 0.2) is 0 Å². The molecule has 0 saturated carbocycles. The fourth-order valence-corrected chi connectivity index (χ4v) is 3.06. The molecule has 1 aromatic heterocycles. The number of phenolic OH excluding ortho intramolecular Hbond substituents is 1. The zero-order valence-corrected chi connectivity index (χ0v) is 12.0. The van der Waals surface area contributed by atoms with Gasteiger partial charge in [-0.2, -0.15) is 0 Å². The second-order valence-corrected chi connectivity index (χ2v) is 5.64. The highest BCUT2D eigenvalue weighted by molar-refractivity contribution is 5.83. The molecule has 1 aliphatic heterocycles. The minimum atomic E-state index is -0.375. The number of piperidine rings is 1. The van der Waals surface area contributed by atoms with Crippen molar-refractivity contribution in [2.45, 2.75) is 19.4 Å². The molecule has 2 aromatic rings. The average Bonchev–Trinajstić information content (AvgIpc) is 2.50. The zero-order valence-electron chi connectivity index (χ0n) is 12.0. The summed E-state index contributed by atoms with van der Waals surface area (Å²) in [5, 5.41) is 13.6. The van der Waals surface area contributed by atoms with E-state index >= 15 is 0 Å². The van der Waals surface area contributed by atoms with E-state index < -0.39 is 0 Å². The summed E-state index contributed by atoms with van der Waals surface area (Å²) < 4.78 is 2.64. The van der Waals surface area contributed by atoms with E-state index in [2.05, 4.69) is 5.32 Å². The van der Waals surface area contributed by atoms with Gasteiger partial charge < -0.3 is 10.4 Å². The van der Waals surface area contributed by atoms with Crippen molar-refractivity contribution in [3.8, 4) is 5.75 Å². The lowest BCUT2D eigenvalue weighted by Crippen LogP contribution is -2.43. The summed E-state index contributed by atoms with van der Waals surface area (Å²) in [4.78, 5) is 25.0. The third-order valence-electron chi connectivity index (χ3n) is 4.18. The Morgan fingerprint density at radius 2 is 2.19 bits per heavy atom. The predicted octanol–water partition coefficient (Wildman–Crippen LogP) is 0.405. The Hall–Kier alpha value is -2.08. The molecule has 2 N–H and O–H groups in total. The number of aromatic nitrogens is 2. The minimum Gasteiger partial charge on any atom is -0.506 e. The minimum absolute atomic E-state index is 0.0457. The Morgan fingerprint density at radius 1 is 1.38 bits per heavy atom. The molecule has 0 spiro atoms. The smallest absolute Gasteiger partial charge is 0.331 e. The topological polar surface area (TPSA) is 76.3 Å². The number of hydrogen-bond donors (Lipinski definition) is 2. The molecule has 0 radical (unpaired) electrons. The first-order valence-corrected chi connectivity index (χ1v) is 7.22. The molecular weight excluding hydrogens is 270 g/mol. The molecule has 2 heterocycles. The lowest BCUT2D eigenvalue weighted by molar-refractivity contribution is 0.327. The summed E-state index contributed by atoms with van der Waals surface area (Å²) in [6.07, 6.45) is 2.08. The van der Waals surface area contributed by atoms with E-state index in [4.69, 9.17) is 0 Å². The van der Waals surface area contributed by atoms with Crippen LogP contribution in [0.3, 0.4) is 0 Å². The fraction of sp³-hybridized carbons (Fsp3) is 0.467. The van der Waals surface area contributed by atoms with Gasteiger partial charge in [-0.15, -0.1) is 0 Å². The van der Waals surface area contributed by atoms with E-state index in [1.54, 1.807) is 19.2 Å². The van der Waals surface area contributed by atoms with Crippen LogP contribution in [0.15, 0.2) is 27.8 Å². The van der Waals surface area contributed by atoms with Crippen molar-refractivity contribution in [3.63, 3.8) is 0 Å². The number of hydrogen-bond acceptors (Lipinski definition) is 4.